The second-order valence-corrected chi connectivity index (χ2v) is 6.21. The molecule has 4 heteroatoms. The van der Waals surface area contributed by atoms with Crippen molar-refractivity contribution >= 4 is 5.91 Å². The Morgan fingerprint density at radius 1 is 0.889 bits per heavy atom. The van der Waals surface area contributed by atoms with Gasteiger partial charge in [-0.15, -0.1) is 0 Å². The second-order valence-electron chi connectivity index (χ2n) is 6.21. The third-order valence-electron chi connectivity index (χ3n) is 4.51. The molecular weight excluding hydrogens is 338 g/mol. The molecule has 138 valence electrons. The van der Waals surface area contributed by atoms with Crippen LogP contribution in [0.1, 0.15) is 28.9 Å². The number of hydrogen-bond acceptors (Lipinski definition) is 3. The molecule has 3 aromatic rings. The van der Waals surface area contributed by atoms with Gasteiger partial charge in [0.25, 0.3) is 5.91 Å². The summed E-state index contributed by atoms with van der Waals surface area (Å²) < 4.78 is 10.7. The SMILES string of the molecule is COc1ccc(OC)c([C@@H](C)NC(=O)c2ccccc2-c2ccccc2)c1. The van der Waals surface area contributed by atoms with Gasteiger partial charge in [0.1, 0.15) is 11.5 Å². The number of ether oxygens (including phenoxy) is 2. The number of carbonyl (C=O) groups excluding carboxylic acids is 1. The number of carbonyl (C=O) groups is 1. The molecule has 0 aliphatic heterocycles. The predicted molar refractivity (Wildman–Crippen MR) is 107 cm³/mol. The molecule has 1 amide bonds. The molecule has 27 heavy (non-hydrogen) atoms. The van der Waals surface area contributed by atoms with Crippen LogP contribution in [0.5, 0.6) is 11.5 Å². The van der Waals surface area contributed by atoms with E-state index < -0.39 is 0 Å². The summed E-state index contributed by atoms with van der Waals surface area (Å²) in [7, 11) is 3.23. The van der Waals surface area contributed by atoms with E-state index in [1.165, 1.54) is 0 Å². The summed E-state index contributed by atoms with van der Waals surface area (Å²) in [5.41, 5.74) is 3.41. The maximum absolute atomic E-state index is 13.0. The number of rotatable bonds is 6. The summed E-state index contributed by atoms with van der Waals surface area (Å²) in [6.07, 6.45) is 0. The highest BCUT2D eigenvalue weighted by Crippen LogP contribution is 2.30. The Hall–Kier alpha value is -3.27. The van der Waals surface area contributed by atoms with Crippen LogP contribution in [0.3, 0.4) is 0 Å². The number of nitrogens with one attached hydrogen (secondary N) is 1. The van der Waals surface area contributed by atoms with E-state index in [9.17, 15) is 4.79 Å². The third-order valence-corrected chi connectivity index (χ3v) is 4.51. The van der Waals surface area contributed by atoms with Crippen molar-refractivity contribution in [3.63, 3.8) is 0 Å². The minimum absolute atomic E-state index is 0.133. The first-order valence-corrected chi connectivity index (χ1v) is 8.81. The predicted octanol–water partition coefficient (Wildman–Crippen LogP) is 4.86. The fourth-order valence-electron chi connectivity index (χ4n) is 3.08. The van der Waals surface area contributed by atoms with E-state index >= 15 is 0 Å². The van der Waals surface area contributed by atoms with Gasteiger partial charge in [0.05, 0.1) is 20.3 Å². The Bertz CT molecular complexity index is 922. The van der Waals surface area contributed by atoms with Gasteiger partial charge in [-0.1, -0.05) is 48.5 Å². The van der Waals surface area contributed by atoms with E-state index in [0.29, 0.717) is 11.3 Å². The third kappa shape index (κ3) is 4.11. The summed E-state index contributed by atoms with van der Waals surface area (Å²) in [5.74, 6) is 1.29. The van der Waals surface area contributed by atoms with Crippen molar-refractivity contribution in [2.75, 3.05) is 14.2 Å². The highest BCUT2D eigenvalue weighted by atomic mass is 16.5. The van der Waals surface area contributed by atoms with Crippen LogP contribution < -0.4 is 14.8 Å². The Morgan fingerprint density at radius 2 is 1.59 bits per heavy atom. The van der Waals surface area contributed by atoms with E-state index in [0.717, 1.165) is 22.4 Å². The molecule has 1 N–H and O–H groups in total. The summed E-state index contributed by atoms with van der Waals surface area (Å²) in [6, 6.07) is 22.8. The average molecular weight is 361 g/mol. The molecule has 0 unspecified atom stereocenters. The van der Waals surface area contributed by atoms with Gasteiger partial charge < -0.3 is 14.8 Å². The van der Waals surface area contributed by atoms with Gasteiger partial charge in [0.2, 0.25) is 0 Å². The molecule has 0 aliphatic carbocycles. The maximum atomic E-state index is 13.0. The molecule has 0 saturated carbocycles. The molecule has 0 saturated heterocycles. The molecule has 0 spiro atoms. The van der Waals surface area contributed by atoms with Crippen molar-refractivity contribution in [2.24, 2.45) is 0 Å². The first-order valence-electron chi connectivity index (χ1n) is 8.81. The zero-order valence-corrected chi connectivity index (χ0v) is 15.7. The number of methoxy groups -OCH3 is 2. The van der Waals surface area contributed by atoms with Crippen molar-refractivity contribution in [2.45, 2.75) is 13.0 Å². The molecule has 3 rings (SSSR count). The molecule has 0 aliphatic rings. The van der Waals surface area contributed by atoms with Crippen LogP contribution in [0.15, 0.2) is 72.8 Å². The molecular formula is C23H23NO3. The van der Waals surface area contributed by atoms with Crippen LogP contribution >= 0.6 is 0 Å². The van der Waals surface area contributed by atoms with Crippen molar-refractivity contribution in [1.82, 2.24) is 5.32 Å². The van der Waals surface area contributed by atoms with E-state index in [4.69, 9.17) is 9.47 Å². The van der Waals surface area contributed by atoms with E-state index in [-0.39, 0.29) is 11.9 Å². The summed E-state index contributed by atoms with van der Waals surface area (Å²) in [5, 5.41) is 3.07. The van der Waals surface area contributed by atoms with Gasteiger partial charge in [0.15, 0.2) is 0 Å². The normalized spacial score (nSPS) is 11.5. The minimum atomic E-state index is -0.244. The Labute approximate surface area is 159 Å². The lowest BCUT2D eigenvalue weighted by Gasteiger charge is -2.19. The molecule has 0 radical (unpaired) electrons. The van der Waals surface area contributed by atoms with Crippen LogP contribution in [-0.4, -0.2) is 20.1 Å². The quantitative estimate of drug-likeness (QED) is 0.682. The van der Waals surface area contributed by atoms with Gasteiger partial charge >= 0.3 is 0 Å². The van der Waals surface area contributed by atoms with Gasteiger partial charge in [0, 0.05) is 11.1 Å². The Morgan fingerprint density at radius 3 is 2.30 bits per heavy atom. The highest BCUT2D eigenvalue weighted by molar-refractivity contribution is 6.01. The van der Waals surface area contributed by atoms with E-state index in [2.05, 4.69) is 5.32 Å². The van der Waals surface area contributed by atoms with Crippen molar-refractivity contribution in [3.8, 4) is 22.6 Å². The van der Waals surface area contributed by atoms with Gasteiger partial charge in [-0.05, 0) is 42.3 Å². The number of benzene rings is 3. The van der Waals surface area contributed by atoms with Crippen LogP contribution in [0.2, 0.25) is 0 Å². The van der Waals surface area contributed by atoms with Crippen molar-refractivity contribution < 1.29 is 14.3 Å². The maximum Gasteiger partial charge on any atom is 0.252 e. The molecule has 4 nitrogen and oxygen atoms in total. The summed E-state index contributed by atoms with van der Waals surface area (Å²) in [4.78, 5) is 13.0. The zero-order valence-electron chi connectivity index (χ0n) is 15.7. The lowest BCUT2D eigenvalue weighted by atomic mass is 9.98. The lowest BCUT2D eigenvalue weighted by molar-refractivity contribution is 0.0940. The van der Waals surface area contributed by atoms with Gasteiger partial charge in [-0.3, -0.25) is 4.79 Å². The Balaban J connectivity index is 1.89. The number of hydrogen-bond donors (Lipinski definition) is 1. The van der Waals surface area contributed by atoms with Gasteiger partial charge in [-0.25, -0.2) is 0 Å². The smallest absolute Gasteiger partial charge is 0.252 e. The Kier molecular flexibility index (Phi) is 5.77. The molecule has 0 bridgehead atoms. The fraction of sp³-hybridized carbons (Fsp3) is 0.174. The first-order chi connectivity index (χ1) is 13.1. The van der Waals surface area contributed by atoms with Crippen molar-refractivity contribution in [1.29, 1.82) is 0 Å². The van der Waals surface area contributed by atoms with Crippen molar-refractivity contribution in [3.05, 3.63) is 83.9 Å². The largest absolute Gasteiger partial charge is 0.497 e. The topological polar surface area (TPSA) is 47.6 Å². The zero-order chi connectivity index (χ0) is 19.2. The highest BCUT2D eigenvalue weighted by Gasteiger charge is 2.18. The minimum Gasteiger partial charge on any atom is -0.497 e. The first kappa shape index (κ1) is 18.5. The lowest BCUT2D eigenvalue weighted by Crippen LogP contribution is -2.27. The van der Waals surface area contributed by atoms with Crippen LogP contribution in [0, 0.1) is 0 Å². The standard InChI is InChI=1S/C23H23NO3/c1-16(21-15-18(26-2)13-14-22(21)27-3)24-23(25)20-12-8-7-11-19(20)17-9-5-4-6-10-17/h4-16H,1-3H3,(H,24,25)/t16-/m1/s1. The second kappa shape index (κ2) is 8.41. The monoisotopic (exact) mass is 361 g/mol. The van der Waals surface area contributed by atoms with Gasteiger partial charge in [-0.2, -0.15) is 0 Å². The molecule has 0 aromatic heterocycles. The summed E-state index contributed by atoms with van der Waals surface area (Å²) in [6.45, 7) is 1.93. The molecule has 1 atom stereocenters. The molecule has 0 fully saturated rings. The van der Waals surface area contributed by atoms with Crippen LogP contribution in [0.25, 0.3) is 11.1 Å². The molecule has 0 heterocycles. The summed E-state index contributed by atoms with van der Waals surface area (Å²) >= 11 is 0. The average Bonchev–Trinajstić information content (AvgIpc) is 2.73. The van der Waals surface area contributed by atoms with Crippen LogP contribution in [0.4, 0.5) is 0 Å². The molecule has 3 aromatic carbocycles. The number of amides is 1. The van der Waals surface area contributed by atoms with E-state index in [1.807, 2.05) is 79.7 Å². The van der Waals surface area contributed by atoms with Crippen LogP contribution in [-0.2, 0) is 0 Å². The van der Waals surface area contributed by atoms with E-state index in [1.54, 1.807) is 14.2 Å². The fourth-order valence-corrected chi connectivity index (χ4v) is 3.08.